The van der Waals surface area contributed by atoms with Crippen LogP contribution >= 0.6 is 0 Å². The summed E-state index contributed by atoms with van der Waals surface area (Å²) in [6, 6.07) is 14.7. The maximum absolute atomic E-state index is 11.8. The first-order valence-electron chi connectivity index (χ1n) is 9.09. The second kappa shape index (κ2) is 9.03. The summed E-state index contributed by atoms with van der Waals surface area (Å²) in [7, 11) is 1.62. The van der Waals surface area contributed by atoms with Crippen LogP contribution in [0, 0.1) is 0 Å². The molecule has 1 N–H and O–H groups in total. The van der Waals surface area contributed by atoms with Gasteiger partial charge in [-0.1, -0.05) is 12.1 Å². The number of hydrogen-bond acceptors (Lipinski definition) is 6. The van der Waals surface area contributed by atoms with E-state index >= 15 is 0 Å². The first kappa shape index (κ1) is 19.4. The van der Waals surface area contributed by atoms with Gasteiger partial charge in [0.05, 0.1) is 7.11 Å². The predicted molar refractivity (Wildman–Crippen MR) is 105 cm³/mol. The van der Waals surface area contributed by atoms with Gasteiger partial charge in [-0.15, -0.1) is 0 Å². The Kier molecular flexibility index (Phi) is 6.26. The summed E-state index contributed by atoms with van der Waals surface area (Å²) in [5.74, 6) is 2.13. The molecule has 0 spiro atoms. The predicted octanol–water partition coefficient (Wildman–Crippen LogP) is 3.71. The summed E-state index contributed by atoms with van der Waals surface area (Å²) in [5, 5.41) is 6.88. The summed E-state index contributed by atoms with van der Waals surface area (Å²) in [4.78, 5) is 16.2. The molecule has 0 fully saturated rings. The molecule has 1 heterocycles. The van der Waals surface area contributed by atoms with Crippen LogP contribution in [0.5, 0.6) is 11.5 Å². The highest BCUT2D eigenvalue weighted by molar-refractivity contribution is 5.77. The summed E-state index contributed by atoms with van der Waals surface area (Å²) >= 11 is 0. The highest BCUT2D eigenvalue weighted by Gasteiger charge is 2.11. The highest BCUT2D eigenvalue weighted by atomic mass is 16.5. The van der Waals surface area contributed by atoms with Crippen molar-refractivity contribution in [2.24, 2.45) is 0 Å². The second-order valence-corrected chi connectivity index (χ2v) is 6.34. The van der Waals surface area contributed by atoms with E-state index in [0.717, 1.165) is 23.3 Å². The standard InChI is InChI=1S/C21H23N3O4/c1-4-14(2)22-19(25)13-27-18-11-7-16(8-12-18)21-23-20(24-28-21)15-5-9-17(26-3)10-6-15/h5-12,14H,4,13H2,1-3H3,(H,22,25)/t14-/m1/s1. The molecule has 1 amide bonds. The minimum atomic E-state index is -0.139. The van der Waals surface area contributed by atoms with Gasteiger partial charge >= 0.3 is 0 Å². The number of nitrogens with one attached hydrogen (secondary N) is 1. The molecule has 0 saturated carbocycles. The molecule has 0 aliphatic rings. The van der Waals surface area contributed by atoms with Crippen LogP contribution in [0.1, 0.15) is 20.3 Å². The van der Waals surface area contributed by atoms with Crippen LogP contribution in [-0.2, 0) is 4.79 Å². The van der Waals surface area contributed by atoms with Crippen LogP contribution in [0.4, 0.5) is 0 Å². The minimum Gasteiger partial charge on any atom is -0.497 e. The van der Waals surface area contributed by atoms with E-state index in [0.29, 0.717) is 17.5 Å². The van der Waals surface area contributed by atoms with Crippen molar-refractivity contribution in [1.82, 2.24) is 15.5 Å². The number of amides is 1. The van der Waals surface area contributed by atoms with Crippen molar-refractivity contribution in [1.29, 1.82) is 0 Å². The number of hydrogen-bond donors (Lipinski definition) is 1. The second-order valence-electron chi connectivity index (χ2n) is 6.34. The smallest absolute Gasteiger partial charge is 0.258 e. The molecular formula is C21H23N3O4. The molecule has 28 heavy (non-hydrogen) atoms. The van der Waals surface area contributed by atoms with Gasteiger partial charge in [0.25, 0.3) is 11.8 Å². The molecule has 146 valence electrons. The average molecular weight is 381 g/mol. The molecule has 0 aliphatic heterocycles. The quantitative estimate of drug-likeness (QED) is 0.640. The molecule has 0 bridgehead atoms. The lowest BCUT2D eigenvalue weighted by Gasteiger charge is -2.12. The van der Waals surface area contributed by atoms with Gasteiger partial charge in [0, 0.05) is 17.2 Å². The highest BCUT2D eigenvalue weighted by Crippen LogP contribution is 2.25. The first-order chi connectivity index (χ1) is 13.6. The third kappa shape index (κ3) is 4.88. The normalized spacial score (nSPS) is 11.7. The summed E-state index contributed by atoms with van der Waals surface area (Å²) in [6.45, 7) is 3.95. The van der Waals surface area contributed by atoms with Crippen molar-refractivity contribution < 1.29 is 18.8 Å². The summed E-state index contributed by atoms with van der Waals surface area (Å²) < 4.78 is 16.0. The molecular weight excluding hydrogens is 358 g/mol. The number of rotatable bonds is 8. The number of benzene rings is 2. The van der Waals surface area contributed by atoms with Gasteiger partial charge in [-0.05, 0) is 61.9 Å². The van der Waals surface area contributed by atoms with Crippen molar-refractivity contribution in [2.45, 2.75) is 26.3 Å². The molecule has 3 rings (SSSR count). The molecule has 0 radical (unpaired) electrons. The Labute approximate surface area is 163 Å². The number of carbonyl (C=O) groups is 1. The Morgan fingerprint density at radius 1 is 1.07 bits per heavy atom. The molecule has 1 aromatic heterocycles. The monoisotopic (exact) mass is 381 g/mol. The fourth-order valence-corrected chi connectivity index (χ4v) is 2.46. The molecule has 0 unspecified atom stereocenters. The molecule has 7 nitrogen and oxygen atoms in total. The number of carbonyl (C=O) groups excluding carboxylic acids is 1. The van der Waals surface area contributed by atoms with Crippen LogP contribution in [0.2, 0.25) is 0 Å². The van der Waals surface area contributed by atoms with Crippen molar-refractivity contribution in [2.75, 3.05) is 13.7 Å². The molecule has 3 aromatic rings. The van der Waals surface area contributed by atoms with Gasteiger partial charge < -0.3 is 19.3 Å². The fraction of sp³-hybridized carbons (Fsp3) is 0.286. The Balaban J connectivity index is 1.62. The Hall–Kier alpha value is -3.35. The molecule has 2 aromatic carbocycles. The maximum atomic E-state index is 11.8. The van der Waals surface area contributed by atoms with E-state index in [2.05, 4.69) is 15.5 Å². The number of nitrogens with zero attached hydrogens (tertiary/aromatic N) is 2. The van der Waals surface area contributed by atoms with Crippen LogP contribution in [0.15, 0.2) is 53.1 Å². The van der Waals surface area contributed by atoms with E-state index in [1.807, 2.05) is 50.2 Å². The van der Waals surface area contributed by atoms with Crippen LogP contribution in [0.3, 0.4) is 0 Å². The van der Waals surface area contributed by atoms with Crippen molar-refractivity contribution >= 4 is 5.91 Å². The topological polar surface area (TPSA) is 86.5 Å². The molecule has 0 aliphatic carbocycles. The van der Waals surface area contributed by atoms with E-state index in [1.54, 1.807) is 19.2 Å². The lowest BCUT2D eigenvalue weighted by atomic mass is 10.2. The van der Waals surface area contributed by atoms with Gasteiger partial charge in [-0.2, -0.15) is 4.98 Å². The van der Waals surface area contributed by atoms with E-state index in [1.165, 1.54) is 0 Å². The summed E-state index contributed by atoms with van der Waals surface area (Å²) in [6.07, 6.45) is 0.878. The van der Waals surface area contributed by atoms with Gasteiger partial charge in [0.2, 0.25) is 5.82 Å². The third-order valence-electron chi connectivity index (χ3n) is 4.27. The number of aromatic nitrogens is 2. The average Bonchev–Trinajstić information content (AvgIpc) is 3.23. The fourth-order valence-electron chi connectivity index (χ4n) is 2.46. The molecule has 1 atom stereocenters. The van der Waals surface area contributed by atoms with E-state index < -0.39 is 0 Å². The zero-order valence-corrected chi connectivity index (χ0v) is 16.1. The van der Waals surface area contributed by atoms with Crippen molar-refractivity contribution in [3.8, 4) is 34.3 Å². The van der Waals surface area contributed by atoms with E-state index in [4.69, 9.17) is 14.0 Å². The Morgan fingerprint density at radius 3 is 2.36 bits per heavy atom. The zero-order chi connectivity index (χ0) is 19.9. The minimum absolute atomic E-state index is 0.0220. The van der Waals surface area contributed by atoms with E-state index in [-0.39, 0.29) is 18.6 Å². The lowest BCUT2D eigenvalue weighted by Crippen LogP contribution is -2.35. The van der Waals surface area contributed by atoms with Crippen molar-refractivity contribution in [3.05, 3.63) is 48.5 Å². The number of ether oxygens (including phenoxy) is 2. The lowest BCUT2D eigenvalue weighted by molar-refractivity contribution is -0.123. The van der Waals surface area contributed by atoms with Gasteiger partial charge in [0.15, 0.2) is 6.61 Å². The summed E-state index contributed by atoms with van der Waals surface area (Å²) in [5.41, 5.74) is 1.60. The third-order valence-corrected chi connectivity index (χ3v) is 4.27. The maximum Gasteiger partial charge on any atom is 0.258 e. The Morgan fingerprint density at radius 2 is 1.71 bits per heavy atom. The molecule has 7 heteroatoms. The first-order valence-corrected chi connectivity index (χ1v) is 9.09. The van der Waals surface area contributed by atoms with Gasteiger partial charge in [-0.25, -0.2) is 0 Å². The largest absolute Gasteiger partial charge is 0.497 e. The zero-order valence-electron chi connectivity index (χ0n) is 16.1. The van der Waals surface area contributed by atoms with Crippen LogP contribution in [-0.4, -0.2) is 35.8 Å². The van der Waals surface area contributed by atoms with Crippen LogP contribution in [0.25, 0.3) is 22.8 Å². The van der Waals surface area contributed by atoms with Gasteiger partial charge in [-0.3, -0.25) is 4.79 Å². The van der Waals surface area contributed by atoms with E-state index in [9.17, 15) is 4.79 Å². The molecule has 0 saturated heterocycles. The Bertz CT molecular complexity index is 904. The van der Waals surface area contributed by atoms with Crippen molar-refractivity contribution in [3.63, 3.8) is 0 Å². The number of methoxy groups -OCH3 is 1. The van der Waals surface area contributed by atoms with Gasteiger partial charge in [0.1, 0.15) is 11.5 Å². The SMILES string of the molecule is CC[C@@H](C)NC(=O)COc1ccc(-c2nc(-c3ccc(OC)cc3)no2)cc1. The van der Waals surface area contributed by atoms with Crippen LogP contribution < -0.4 is 14.8 Å².